The molecule has 0 aliphatic heterocycles. The molecule has 1 aromatic carbocycles. The summed E-state index contributed by atoms with van der Waals surface area (Å²) < 4.78 is 3.53. The van der Waals surface area contributed by atoms with E-state index in [2.05, 4.69) is 31.9 Å². The van der Waals surface area contributed by atoms with E-state index in [-0.39, 0.29) is 24.0 Å². The number of halogens is 1. The van der Waals surface area contributed by atoms with Crippen LogP contribution in [0.25, 0.3) is 5.69 Å². The molecule has 0 atom stereocenters. The van der Waals surface area contributed by atoms with Gasteiger partial charge in [0, 0.05) is 39.1 Å². The molecule has 0 saturated heterocycles. The van der Waals surface area contributed by atoms with Crippen LogP contribution in [0.1, 0.15) is 24.1 Å². The minimum atomic E-state index is 0. The monoisotopic (exact) mass is 533 g/mol. The Morgan fingerprint density at radius 2 is 1.90 bits per heavy atom. The van der Waals surface area contributed by atoms with Crippen molar-refractivity contribution < 1.29 is 0 Å². The molecule has 0 radical (unpaired) electrons. The first-order valence-electron chi connectivity index (χ1n) is 9.97. The number of rotatable bonds is 9. The molecule has 0 amide bonds. The van der Waals surface area contributed by atoms with E-state index in [1.165, 1.54) is 0 Å². The minimum Gasteiger partial charge on any atom is -0.382 e. The van der Waals surface area contributed by atoms with Gasteiger partial charge in [0.15, 0.2) is 5.96 Å². The minimum absolute atomic E-state index is 0. The number of hydrogen-bond donors (Lipinski definition) is 3. The van der Waals surface area contributed by atoms with Crippen LogP contribution in [-0.2, 0) is 13.0 Å². The number of nitrogen functional groups attached to an aromatic ring is 1. The van der Waals surface area contributed by atoms with Crippen LogP contribution in [0.2, 0.25) is 0 Å². The maximum absolute atomic E-state index is 9.50. The molecule has 31 heavy (non-hydrogen) atoms. The fourth-order valence-corrected chi connectivity index (χ4v) is 3.10. The Kier molecular flexibility index (Phi) is 9.83. The van der Waals surface area contributed by atoms with Gasteiger partial charge >= 0.3 is 0 Å². The predicted molar refractivity (Wildman–Crippen MR) is 133 cm³/mol. The zero-order valence-electron chi connectivity index (χ0n) is 17.5. The summed E-state index contributed by atoms with van der Waals surface area (Å²) in [7, 11) is 1.75. The summed E-state index contributed by atoms with van der Waals surface area (Å²) in [5, 5.41) is 24.8. The van der Waals surface area contributed by atoms with Crippen molar-refractivity contribution >= 4 is 35.8 Å². The van der Waals surface area contributed by atoms with E-state index in [0.29, 0.717) is 30.0 Å². The van der Waals surface area contributed by atoms with Gasteiger partial charge in [0.2, 0.25) is 0 Å². The number of benzene rings is 1. The van der Waals surface area contributed by atoms with Crippen molar-refractivity contribution in [1.29, 1.82) is 5.26 Å². The molecule has 10 heteroatoms. The normalized spacial score (nSPS) is 10.9. The standard InChI is InChI=1S/C21H27N9.HI/c1-24-21(26-12-6-14-29-15-7-13-27-29)25-11-5-10-19-18(16-22)20(23)30(28-19)17-8-3-2-4-9-17;/h2-4,7-9,13,15H,5-6,10-12,14,23H2,1H3,(H2,24,25,26);1H. The number of para-hydroxylation sites is 1. The molecule has 0 spiro atoms. The third-order valence-electron chi connectivity index (χ3n) is 4.63. The molecular formula is C21H28IN9. The molecule has 3 rings (SSSR count). The number of aliphatic imine (C=N–C) groups is 1. The van der Waals surface area contributed by atoms with Gasteiger partial charge in [-0.1, -0.05) is 18.2 Å². The Labute approximate surface area is 199 Å². The summed E-state index contributed by atoms with van der Waals surface area (Å²) in [6, 6.07) is 13.7. The molecule has 9 nitrogen and oxygen atoms in total. The number of nitrogens with one attached hydrogen (secondary N) is 2. The highest BCUT2D eigenvalue weighted by Gasteiger charge is 2.16. The maximum atomic E-state index is 9.50. The number of aromatic nitrogens is 4. The zero-order valence-corrected chi connectivity index (χ0v) is 19.9. The van der Waals surface area contributed by atoms with Crippen molar-refractivity contribution in [2.75, 3.05) is 25.9 Å². The summed E-state index contributed by atoms with van der Waals surface area (Å²) in [4.78, 5) is 4.24. The lowest BCUT2D eigenvalue weighted by Crippen LogP contribution is -2.38. The molecule has 164 valence electrons. The van der Waals surface area contributed by atoms with Crippen LogP contribution in [0.15, 0.2) is 53.8 Å². The van der Waals surface area contributed by atoms with Crippen LogP contribution in [-0.4, -0.2) is 45.7 Å². The number of nitrogens with two attached hydrogens (primary N) is 1. The summed E-state index contributed by atoms with van der Waals surface area (Å²) in [5.74, 6) is 1.13. The Hall–Kier alpha value is -3.07. The van der Waals surface area contributed by atoms with Gasteiger partial charge in [0.1, 0.15) is 17.5 Å². The van der Waals surface area contributed by atoms with Gasteiger partial charge in [-0.3, -0.25) is 9.67 Å². The SMILES string of the molecule is CN=C(NCCCc1nn(-c2ccccc2)c(N)c1C#N)NCCCn1cccn1.I. The fraction of sp³-hybridized carbons (Fsp3) is 0.333. The summed E-state index contributed by atoms with van der Waals surface area (Å²) in [6.07, 6.45) is 6.13. The third-order valence-corrected chi connectivity index (χ3v) is 4.63. The maximum Gasteiger partial charge on any atom is 0.190 e. The molecule has 0 fully saturated rings. The first-order valence-corrected chi connectivity index (χ1v) is 9.97. The molecule has 0 unspecified atom stereocenters. The molecule has 0 saturated carbocycles. The van der Waals surface area contributed by atoms with E-state index < -0.39 is 0 Å². The Morgan fingerprint density at radius 3 is 2.55 bits per heavy atom. The van der Waals surface area contributed by atoms with Crippen molar-refractivity contribution in [2.45, 2.75) is 25.8 Å². The van der Waals surface area contributed by atoms with E-state index in [0.717, 1.165) is 37.6 Å². The first kappa shape index (κ1) is 24.2. The van der Waals surface area contributed by atoms with E-state index >= 15 is 0 Å². The van der Waals surface area contributed by atoms with Crippen LogP contribution < -0.4 is 16.4 Å². The Balaban J connectivity index is 0.00000341. The lowest BCUT2D eigenvalue weighted by molar-refractivity contribution is 0.570. The predicted octanol–water partition coefficient (Wildman–Crippen LogP) is 2.33. The molecule has 2 heterocycles. The highest BCUT2D eigenvalue weighted by atomic mass is 127. The van der Waals surface area contributed by atoms with Crippen LogP contribution in [0, 0.1) is 11.3 Å². The Morgan fingerprint density at radius 1 is 1.16 bits per heavy atom. The van der Waals surface area contributed by atoms with E-state index in [4.69, 9.17) is 5.73 Å². The van der Waals surface area contributed by atoms with Gasteiger partial charge in [0.25, 0.3) is 0 Å². The second kappa shape index (κ2) is 12.6. The highest BCUT2D eigenvalue weighted by molar-refractivity contribution is 14.0. The van der Waals surface area contributed by atoms with Crippen molar-refractivity contribution in [1.82, 2.24) is 30.2 Å². The third kappa shape index (κ3) is 6.71. The van der Waals surface area contributed by atoms with E-state index in [1.54, 1.807) is 17.9 Å². The quantitative estimate of drug-likeness (QED) is 0.168. The Bertz CT molecular complexity index is 988. The van der Waals surface area contributed by atoms with Gasteiger partial charge in [-0.2, -0.15) is 15.5 Å². The van der Waals surface area contributed by atoms with Crippen molar-refractivity contribution in [3.05, 3.63) is 60.0 Å². The molecule has 0 bridgehead atoms. The smallest absolute Gasteiger partial charge is 0.190 e. The van der Waals surface area contributed by atoms with E-state index in [1.807, 2.05) is 47.3 Å². The van der Waals surface area contributed by atoms with Crippen LogP contribution in [0.5, 0.6) is 0 Å². The second-order valence-electron chi connectivity index (χ2n) is 6.72. The molecule has 0 aliphatic carbocycles. The summed E-state index contributed by atoms with van der Waals surface area (Å²) in [5.41, 5.74) is 8.15. The van der Waals surface area contributed by atoms with Crippen LogP contribution in [0.3, 0.4) is 0 Å². The van der Waals surface area contributed by atoms with Crippen LogP contribution in [0.4, 0.5) is 5.82 Å². The average Bonchev–Trinajstić information content (AvgIpc) is 3.40. The second-order valence-corrected chi connectivity index (χ2v) is 6.72. The molecule has 2 aromatic heterocycles. The molecule has 4 N–H and O–H groups in total. The topological polar surface area (TPSA) is 122 Å². The van der Waals surface area contributed by atoms with Gasteiger partial charge in [-0.05, 0) is 37.5 Å². The van der Waals surface area contributed by atoms with Crippen LogP contribution >= 0.6 is 24.0 Å². The van der Waals surface area contributed by atoms with Crippen molar-refractivity contribution in [2.24, 2.45) is 4.99 Å². The number of nitriles is 1. The lowest BCUT2D eigenvalue weighted by atomic mass is 10.1. The summed E-state index contributed by atoms with van der Waals surface area (Å²) in [6.45, 7) is 2.37. The van der Waals surface area contributed by atoms with Crippen molar-refractivity contribution in [3.63, 3.8) is 0 Å². The zero-order chi connectivity index (χ0) is 21.2. The number of aryl methyl sites for hydroxylation is 2. The van der Waals surface area contributed by atoms with E-state index in [9.17, 15) is 5.26 Å². The lowest BCUT2D eigenvalue weighted by Gasteiger charge is -2.11. The van der Waals surface area contributed by atoms with Gasteiger partial charge < -0.3 is 16.4 Å². The van der Waals surface area contributed by atoms with Crippen molar-refractivity contribution in [3.8, 4) is 11.8 Å². The largest absolute Gasteiger partial charge is 0.382 e. The molecule has 0 aliphatic rings. The first-order chi connectivity index (χ1) is 14.7. The molecule has 3 aromatic rings. The number of nitrogens with zero attached hydrogens (tertiary/aromatic N) is 6. The number of anilines is 1. The number of guanidine groups is 1. The molecular weight excluding hydrogens is 505 g/mol. The van der Waals surface area contributed by atoms with Gasteiger partial charge in [0.05, 0.1) is 11.4 Å². The van der Waals surface area contributed by atoms with Gasteiger partial charge in [-0.15, -0.1) is 24.0 Å². The van der Waals surface area contributed by atoms with Gasteiger partial charge in [-0.25, -0.2) is 4.68 Å². The fourth-order valence-electron chi connectivity index (χ4n) is 3.10. The number of hydrogen-bond acceptors (Lipinski definition) is 5. The highest BCUT2D eigenvalue weighted by Crippen LogP contribution is 2.21. The summed E-state index contributed by atoms with van der Waals surface area (Å²) >= 11 is 0. The average molecular weight is 533 g/mol.